The molecule has 32 heavy (non-hydrogen) atoms. The van der Waals surface area contributed by atoms with Crippen LogP contribution in [0, 0.1) is 13.8 Å². The van der Waals surface area contributed by atoms with E-state index < -0.39 is 0 Å². The van der Waals surface area contributed by atoms with Crippen LogP contribution in [0.1, 0.15) is 48.0 Å². The molecule has 1 aromatic heterocycles. The molecule has 0 spiro atoms. The Kier molecular flexibility index (Phi) is 6.79. The summed E-state index contributed by atoms with van der Waals surface area (Å²) in [6.45, 7) is 9.64. The number of hydrogen-bond donors (Lipinski definition) is 0. The van der Waals surface area contributed by atoms with E-state index in [2.05, 4.69) is 17.0 Å². The van der Waals surface area contributed by atoms with Crippen molar-refractivity contribution in [1.82, 2.24) is 15.0 Å². The second kappa shape index (κ2) is 9.73. The van der Waals surface area contributed by atoms with E-state index >= 15 is 0 Å². The maximum Gasteiger partial charge on any atom is 0.259 e. The summed E-state index contributed by atoms with van der Waals surface area (Å²) in [6, 6.07) is 8.31. The normalized spacial score (nSPS) is 19.6. The lowest BCUT2D eigenvalue weighted by Gasteiger charge is -2.34. The van der Waals surface area contributed by atoms with Crippen LogP contribution in [-0.2, 0) is 4.79 Å². The summed E-state index contributed by atoms with van der Waals surface area (Å²) in [7, 11) is 0. The molecule has 8 heteroatoms. The second-order valence-electron chi connectivity index (χ2n) is 8.69. The van der Waals surface area contributed by atoms with Gasteiger partial charge in [-0.25, -0.2) is 0 Å². The highest BCUT2D eigenvalue weighted by Crippen LogP contribution is 2.23. The average Bonchev–Trinajstić information content (AvgIpc) is 3.35. The van der Waals surface area contributed by atoms with Gasteiger partial charge in [-0.15, -0.1) is 0 Å². The molecule has 0 radical (unpaired) electrons. The number of aryl methyl sites for hydroxylation is 2. The van der Waals surface area contributed by atoms with Gasteiger partial charge in [-0.1, -0.05) is 5.16 Å². The number of carbonyl (C=O) groups is 2. The molecular weight excluding hydrogens is 408 g/mol. The van der Waals surface area contributed by atoms with Gasteiger partial charge < -0.3 is 24.0 Å². The van der Waals surface area contributed by atoms with E-state index in [0.717, 1.165) is 24.4 Å². The summed E-state index contributed by atoms with van der Waals surface area (Å²) in [4.78, 5) is 31.4. The van der Waals surface area contributed by atoms with Crippen LogP contribution in [0.25, 0.3) is 0 Å². The van der Waals surface area contributed by atoms with Gasteiger partial charge in [0.05, 0.1) is 12.3 Å². The van der Waals surface area contributed by atoms with Crippen molar-refractivity contribution in [1.29, 1.82) is 0 Å². The number of carbonyl (C=O) groups excluding carboxylic acids is 2. The first-order valence-electron chi connectivity index (χ1n) is 11.4. The predicted molar refractivity (Wildman–Crippen MR) is 121 cm³/mol. The Morgan fingerprint density at radius 1 is 1.19 bits per heavy atom. The molecule has 3 heterocycles. The van der Waals surface area contributed by atoms with E-state index in [1.54, 1.807) is 23.6 Å². The lowest BCUT2D eigenvalue weighted by molar-refractivity contribution is -0.120. The van der Waals surface area contributed by atoms with Crippen molar-refractivity contribution < 1.29 is 18.8 Å². The maximum absolute atomic E-state index is 12.8. The summed E-state index contributed by atoms with van der Waals surface area (Å²) in [6.07, 6.45) is 3.60. The fourth-order valence-corrected chi connectivity index (χ4v) is 4.57. The van der Waals surface area contributed by atoms with Crippen molar-refractivity contribution in [3.05, 3.63) is 41.3 Å². The summed E-state index contributed by atoms with van der Waals surface area (Å²) in [5.74, 6) is 0.974. The first kappa shape index (κ1) is 22.3. The van der Waals surface area contributed by atoms with Crippen LogP contribution in [0.2, 0.25) is 0 Å². The van der Waals surface area contributed by atoms with E-state index in [9.17, 15) is 9.59 Å². The smallest absolute Gasteiger partial charge is 0.259 e. The fourth-order valence-electron chi connectivity index (χ4n) is 4.57. The Bertz CT molecular complexity index is 936. The predicted octanol–water partition coefficient (Wildman–Crippen LogP) is 3.03. The molecule has 2 amide bonds. The topological polar surface area (TPSA) is 79.1 Å². The molecule has 2 fully saturated rings. The van der Waals surface area contributed by atoms with Gasteiger partial charge >= 0.3 is 0 Å². The van der Waals surface area contributed by atoms with Crippen LogP contribution in [-0.4, -0.2) is 72.1 Å². The third-order valence-electron chi connectivity index (χ3n) is 6.45. The highest BCUT2D eigenvalue weighted by molar-refractivity contribution is 6.02. The number of benzene rings is 1. The molecule has 4 rings (SSSR count). The lowest BCUT2D eigenvalue weighted by Crippen LogP contribution is -2.52. The van der Waals surface area contributed by atoms with Gasteiger partial charge in [0, 0.05) is 31.4 Å². The minimum absolute atomic E-state index is 0.0378. The Labute approximate surface area is 189 Å². The monoisotopic (exact) mass is 440 g/mol. The van der Waals surface area contributed by atoms with Crippen LogP contribution in [0.5, 0.6) is 5.75 Å². The van der Waals surface area contributed by atoms with E-state index in [1.807, 2.05) is 24.3 Å². The van der Waals surface area contributed by atoms with Crippen molar-refractivity contribution >= 4 is 17.5 Å². The van der Waals surface area contributed by atoms with E-state index in [1.165, 1.54) is 19.4 Å². The second-order valence-corrected chi connectivity index (χ2v) is 8.69. The van der Waals surface area contributed by atoms with Crippen LogP contribution < -0.4 is 9.64 Å². The molecular formula is C24H32N4O4. The fraction of sp³-hybridized carbons (Fsp3) is 0.542. The number of rotatable bonds is 7. The third kappa shape index (κ3) is 4.80. The van der Waals surface area contributed by atoms with Crippen LogP contribution in [0.4, 0.5) is 5.69 Å². The number of ether oxygens (including phenoxy) is 1. The minimum atomic E-state index is -0.207. The van der Waals surface area contributed by atoms with Crippen molar-refractivity contribution in [2.75, 3.05) is 44.2 Å². The number of nitrogens with zero attached hydrogens (tertiary/aromatic N) is 4. The molecule has 0 aliphatic carbocycles. The van der Waals surface area contributed by atoms with E-state index in [-0.39, 0.29) is 18.4 Å². The Balaban J connectivity index is 1.27. The maximum atomic E-state index is 12.8. The molecule has 8 nitrogen and oxygen atoms in total. The SMILES string of the molecule is Cc1noc(C)c1C(=O)N1CCN(c2ccc(OCCCN3CCC[C@H]3C)cc2)C(=O)C1. The molecule has 2 saturated heterocycles. The van der Waals surface area contributed by atoms with Gasteiger partial charge in [0.2, 0.25) is 5.91 Å². The van der Waals surface area contributed by atoms with Crippen molar-refractivity contribution in [3.8, 4) is 5.75 Å². The largest absolute Gasteiger partial charge is 0.494 e. The van der Waals surface area contributed by atoms with Gasteiger partial charge in [-0.2, -0.15) is 0 Å². The molecule has 0 bridgehead atoms. The molecule has 2 aliphatic heterocycles. The van der Waals surface area contributed by atoms with Gasteiger partial charge in [0.25, 0.3) is 5.91 Å². The minimum Gasteiger partial charge on any atom is -0.494 e. The van der Waals surface area contributed by atoms with Crippen molar-refractivity contribution in [2.24, 2.45) is 0 Å². The number of aromatic nitrogens is 1. The van der Waals surface area contributed by atoms with Gasteiger partial charge in [0.15, 0.2) is 0 Å². The molecule has 2 aromatic rings. The quantitative estimate of drug-likeness (QED) is 0.616. The number of piperazine rings is 1. The molecule has 0 unspecified atom stereocenters. The van der Waals surface area contributed by atoms with Crippen molar-refractivity contribution in [3.63, 3.8) is 0 Å². The molecule has 0 N–H and O–H groups in total. The molecule has 1 atom stereocenters. The van der Waals surface area contributed by atoms with E-state index in [4.69, 9.17) is 9.26 Å². The van der Waals surface area contributed by atoms with Crippen LogP contribution in [0.3, 0.4) is 0 Å². The Morgan fingerprint density at radius 2 is 1.97 bits per heavy atom. The van der Waals surface area contributed by atoms with Crippen LogP contribution >= 0.6 is 0 Å². The number of likely N-dealkylation sites (tertiary alicyclic amines) is 1. The standard InChI is InChI=1S/C24H32N4O4/c1-17-6-4-11-26(17)12-5-15-31-21-9-7-20(8-10-21)28-14-13-27(16-22(28)29)24(30)23-18(2)25-32-19(23)3/h7-10,17H,4-6,11-16H2,1-3H3/t17-/m1/s1. The summed E-state index contributed by atoms with van der Waals surface area (Å²) in [5.41, 5.74) is 1.82. The molecule has 2 aliphatic rings. The average molecular weight is 441 g/mol. The Morgan fingerprint density at radius 3 is 2.59 bits per heavy atom. The molecule has 172 valence electrons. The lowest BCUT2D eigenvalue weighted by atomic mass is 10.1. The van der Waals surface area contributed by atoms with Gasteiger partial charge in [-0.05, 0) is 70.8 Å². The number of anilines is 1. The highest BCUT2D eigenvalue weighted by atomic mass is 16.5. The third-order valence-corrected chi connectivity index (χ3v) is 6.45. The Hall–Kier alpha value is -2.87. The number of amides is 2. The zero-order valence-electron chi connectivity index (χ0n) is 19.2. The zero-order chi connectivity index (χ0) is 22.7. The molecule has 1 aromatic carbocycles. The summed E-state index contributed by atoms with van der Waals surface area (Å²) in [5, 5.41) is 3.84. The van der Waals surface area contributed by atoms with Crippen molar-refractivity contribution in [2.45, 2.75) is 46.1 Å². The van der Waals surface area contributed by atoms with Gasteiger partial charge in [-0.3, -0.25) is 9.59 Å². The highest BCUT2D eigenvalue weighted by Gasteiger charge is 2.31. The zero-order valence-corrected chi connectivity index (χ0v) is 19.2. The first-order chi connectivity index (χ1) is 15.4. The number of hydrogen-bond acceptors (Lipinski definition) is 6. The molecule has 0 saturated carbocycles. The van der Waals surface area contributed by atoms with Gasteiger partial charge in [0.1, 0.15) is 23.6 Å². The van der Waals surface area contributed by atoms with Crippen LogP contribution in [0.15, 0.2) is 28.8 Å². The van der Waals surface area contributed by atoms with E-state index in [0.29, 0.717) is 42.8 Å². The first-order valence-corrected chi connectivity index (χ1v) is 11.4. The summed E-state index contributed by atoms with van der Waals surface area (Å²) >= 11 is 0. The summed E-state index contributed by atoms with van der Waals surface area (Å²) < 4.78 is 11.0.